The van der Waals surface area contributed by atoms with Crippen molar-refractivity contribution in [3.63, 3.8) is 0 Å². The average Bonchev–Trinajstić information content (AvgIpc) is 3.00. The van der Waals surface area contributed by atoms with Crippen molar-refractivity contribution in [1.82, 2.24) is 9.88 Å². The Labute approximate surface area is 141 Å². The van der Waals surface area contributed by atoms with Crippen LogP contribution in [0.25, 0.3) is 0 Å². The number of carbonyl (C=O) groups excluding carboxylic acids is 1. The second-order valence-electron chi connectivity index (χ2n) is 6.23. The lowest BCUT2D eigenvalue weighted by Gasteiger charge is -2.32. The maximum atomic E-state index is 12.5. The van der Waals surface area contributed by atoms with E-state index in [2.05, 4.69) is 4.98 Å². The molecule has 24 heavy (non-hydrogen) atoms. The van der Waals surface area contributed by atoms with E-state index in [-0.39, 0.29) is 10.8 Å². The summed E-state index contributed by atoms with van der Waals surface area (Å²) in [6.07, 6.45) is 5.30. The molecule has 1 aliphatic heterocycles. The second kappa shape index (κ2) is 6.41. The number of rotatable bonds is 3. The van der Waals surface area contributed by atoms with Gasteiger partial charge in [0.2, 0.25) is 10.0 Å². The van der Waals surface area contributed by atoms with Gasteiger partial charge in [-0.05, 0) is 48.9 Å². The van der Waals surface area contributed by atoms with Crippen LogP contribution in [0.3, 0.4) is 0 Å². The van der Waals surface area contributed by atoms with Crippen molar-refractivity contribution in [2.24, 2.45) is 5.14 Å². The number of piperidine rings is 1. The highest BCUT2D eigenvalue weighted by molar-refractivity contribution is 7.89. The van der Waals surface area contributed by atoms with E-state index in [4.69, 9.17) is 5.14 Å². The lowest BCUT2D eigenvalue weighted by atomic mass is 9.89. The van der Waals surface area contributed by atoms with Gasteiger partial charge in [-0.2, -0.15) is 0 Å². The van der Waals surface area contributed by atoms with Crippen LogP contribution in [0, 0.1) is 6.92 Å². The van der Waals surface area contributed by atoms with Crippen LogP contribution in [0.15, 0.2) is 41.6 Å². The molecule has 0 saturated carbocycles. The molecule has 7 heteroatoms. The number of benzene rings is 1. The Bertz CT molecular complexity index is 832. The fourth-order valence-electron chi connectivity index (χ4n) is 3.19. The van der Waals surface area contributed by atoms with Crippen LogP contribution in [0.4, 0.5) is 0 Å². The minimum atomic E-state index is -3.66. The van der Waals surface area contributed by atoms with Crippen LogP contribution < -0.4 is 5.14 Å². The third-order valence-electron chi connectivity index (χ3n) is 4.64. The lowest BCUT2D eigenvalue weighted by Crippen LogP contribution is -2.38. The fraction of sp³-hybridized carbons (Fsp3) is 0.353. The highest BCUT2D eigenvalue weighted by Gasteiger charge is 2.25. The topological polar surface area (TPSA) is 96.3 Å². The van der Waals surface area contributed by atoms with Crippen molar-refractivity contribution in [2.45, 2.75) is 30.6 Å². The SMILES string of the molecule is Cc1c[nH]cc1C(=O)N1CCC(c2ccc(S(N)(=O)=O)cc2)CC1. The summed E-state index contributed by atoms with van der Waals surface area (Å²) in [5.74, 6) is 0.396. The van der Waals surface area contributed by atoms with Crippen molar-refractivity contribution in [3.05, 3.63) is 53.3 Å². The van der Waals surface area contributed by atoms with Gasteiger partial charge < -0.3 is 9.88 Å². The number of sulfonamides is 1. The minimum Gasteiger partial charge on any atom is -0.367 e. The second-order valence-corrected chi connectivity index (χ2v) is 7.79. The quantitative estimate of drug-likeness (QED) is 0.888. The maximum Gasteiger partial charge on any atom is 0.255 e. The molecule has 1 fully saturated rings. The normalized spacial score (nSPS) is 16.3. The summed E-state index contributed by atoms with van der Waals surface area (Å²) in [6, 6.07) is 6.73. The number of nitrogens with zero attached hydrogens (tertiary/aromatic N) is 1. The van der Waals surface area contributed by atoms with Gasteiger partial charge in [-0.25, -0.2) is 13.6 Å². The summed E-state index contributed by atoms with van der Waals surface area (Å²) in [5.41, 5.74) is 2.78. The number of carbonyl (C=O) groups is 1. The van der Waals surface area contributed by atoms with Crippen molar-refractivity contribution in [3.8, 4) is 0 Å². The average molecular weight is 347 g/mol. The van der Waals surface area contributed by atoms with E-state index in [1.807, 2.05) is 30.2 Å². The number of hydrogen-bond acceptors (Lipinski definition) is 3. The van der Waals surface area contributed by atoms with E-state index in [9.17, 15) is 13.2 Å². The van der Waals surface area contributed by atoms with Crippen LogP contribution in [-0.2, 0) is 10.0 Å². The van der Waals surface area contributed by atoms with Gasteiger partial charge in [0.15, 0.2) is 0 Å². The number of aromatic amines is 1. The number of aryl methyl sites for hydroxylation is 1. The van der Waals surface area contributed by atoms with Crippen molar-refractivity contribution < 1.29 is 13.2 Å². The van der Waals surface area contributed by atoms with Gasteiger partial charge in [-0.1, -0.05) is 12.1 Å². The Hall–Kier alpha value is -2.12. The van der Waals surface area contributed by atoms with E-state index < -0.39 is 10.0 Å². The molecule has 2 heterocycles. The van der Waals surface area contributed by atoms with Gasteiger partial charge in [0.25, 0.3) is 5.91 Å². The molecular formula is C17H21N3O3S. The van der Waals surface area contributed by atoms with Crippen LogP contribution in [-0.4, -0.2) is 37.3 Å². The van der Waals surface area contributed by atoms with Crippen LogP contribution >= 0.6 is 0 Å². The van der Waals surface area contributed by atoms with Gasteiger partial charge in [-0.15, -0.1) is 0 Å². The molecule has 0 atom stereocenters. The van der Waals surface area contributed by atoms with Crippen LogP contribution in [0.2, 0.25) is 0 Å². The van der Waals surface area contributed by atoms with E-state index in [0.29, 0.717) is 19.0 Å². The molecule has 3 N–H and O–H groups in total. The van der Waals surface area contributed by atoms with Crippen molar-refractivity contribution >= 4 is 15.9 Å². The molecule has 128 valence electrons. The third-order valence-corrected chi connectivity index (χ3v) is 5.57. The zero-order valence-electron chi connectivity index (χ0n) is 13.5. The summed E-state index contributed by atoms with van der Waals surface area (Å²) in [6.45, 7) is 3.32. The zero-order valence-corrected chi connectivity index (χ0v) is 14.3. The van der Waals surface area contributed by atoms with Gasteiger partial charge in [0.1, 0.15) is 0 Å². The highest BCUT2D eigenvalue weighted by atomic mass is 32.2. The Morgan fingerprint density at radius 3 is 2.29 bits per heavy atom. The molecule has 3 rings (SSSR count). The van der Waals surface area contributed by atoms with Crippen LogP contribution in [0.5, 0.6) is 0 Å². The first-order valence-electron chi connectivity index (χ1n) is 7.91. The molecule has 6 nitrogen and oxygen atoms in total. The van der Waals surface area contributed by atoms with Gasteiger partial charge in [0, 0.05) is 25.5 Å². The summed E-state index contributed by atoms with van der Waals surface area (Å²) in [5, 5.41) is 5.12. The molecule has 1 aromatic carbocycles. The number of primary sulfonamides is 1. The molecule has 0 radical (unpaired) electrons. The fourth-order valence-corrected chi connectivity index (χ4v) is 3.70. The first-order valence-corrected chi connectivity index (χ1v) is 9.46. The van der Waals surface area contributed by atoms with Crippen molar-refractivity contribution in [2.75, 3.05) is 13.1 Å². The highest BCUT2D eigenvalue weighted by Crippen LogP contribution is 2.29. The third kappa shape index (κ3) is 3.37. The maximum absolute atomic E-state index is 12.5. The zero-order chi connectivity index (χ0) is 17.3. The first-order chi connectivity index (χ1) is 11.4. The number of H-pyrrole nitrogens is 1. The van der Waals surface area contributed by atoms with Crippen LogP contribution in [0.1, 0.15) is 40.2 Å². The standard InChI is InChI=1S/C17H21N3O3S/c1-12-10-19-11-16(12)17(21)20-8-6-14(7-9-20)13-2-4-15(5-3-13)24(18,22)23/h2-5,10-11,14,19H,6-9H2,1H3,(H2,18,22,23). The number of hydrogen-bond donors (Lipinski definition) is 2. The molecule has 1 aliphatic rings. The van der Waals surface area contributed by atoms with E-state index >= 15 is 0 Å². The Kier molecular flexibility index (Phi) is 4.47. The summed E-state index contributed by atoms with van der Waals surface area (Å²) >= 11 is 0. The predicted molar refractivity (Wildman–Crippen MR) is 91.2 cm³/mol. The van der Waals surface area contributed by atoms with Crippen molar-refractivity contribution in [1.29, 1.82) is 0 Å². The molecule has 1 saturated heterocycles. The number of nitrogens with one attached hydrogen (secondary N) is 1. The molecular weight excluding hydrogens is 326 g/mol. The molecule has 1 amide bonds. The molecule has 0 unspecified atom stereocenters. The largest absolute Gasteiger partial charge is 0.367 e. The summed E-state index contributed by atoms with van der Waals surface area (Å²) in [7, 11) is -3.66. The van der Waals surface area contributed by atoms with Gasteiger partial charge in [0.05, 0.1) is 10.5 Å². The Morgan fingerprint density at radius 1 is 1.17 bits per heavy atom. The summed E-state index contributed by atoms with van der Waals surface area (Å²) < 4.78 is 22.6. The smallest absolute Gasteiger partial charge is 0.255 e. The lowest BCUT2D eigenvalue weighted by molar-refractivity contribution is 0.0712. The predicted octanol–water partition coefficient (Wildman–Crippen LogP) is 1.99. The van der Waals surface area contributed by atoms with Gasteiger partial charge >= 0.3 is 0 Å². The van der Waals surface area contributed by atoms with E-state index in [1.54, 1.807) is 18.3 Å². The molecule has 0 spiro atoms. The van der Waals surface area contributed by atoms with E-state index in [1.165, 1.54) is 0 Å². The molecule has 1 aromatic heterocycles. The van der Waals surface area contributed by atoms with E-state index in [0.717, 1.165) is 29.5 Å². The number of aromatic nitrogens is 1. The molecule has 0 bridgehead atoms. The molecule has 0 aliphatic carbocycles. The van der Waals surface area contributed by atoms with Gasteiger partial charge in [-0.3, -0.25) is 4.79 Å². The summed E-state index contributed by atoms with van der Waals surface area (Å²) in [4.78, 5) is 17.5. The molecule has 2 aromatic rings. The number of amides is 1. The Morgan fingerprint density at radius 2 is 1.79 bits per heavy atom. The minimum absolute atomic E-state index is 0.0665. The monoisotopic (exact) mass is 347 g/mol. The number of nitrogens with two attached hydrogens (primary N) is 1. The number of likely N-dealkylation sites (tertiary alicyclic amines) is 1. The Balaban J connectivity index is 1.65. The first kappa shape index (κ1) is 16.7.